The van der Waals surface area contributed by atoms with E-state index >= 15 is 0 Å². The van der Waals surface area contributed by atoms with Gasteiger partial charge in [-0.1, -0.05) is 38.1 Å². The van der Waals surface area contributed by atoms with Crippen LogP contribution in [0, 0.1) is 5.92 Å². The molecule has 0 saturated heterocycles. The average molecular weight is 315 g/mol. The molecule has 0 aliphatic rings. The number of hydrogen-bond donors (Lipinski definition) is 1. The fourth-order valence-corrected chi connectivity index (χ4v) is 1.48. The Morgan fingerprint density at radius 3 is 1.79 bits per heavy atom. The minimum atomic E-state index is -2.33. The van der Waals surface area contributed by atoms with Crippen LogP contribution in [0.2, 0.25) is 0 Å². The molecule has 0 fully saturated rings. The summed E-state index contributed by atoms with van der Waals surface area (Å²) in [5, 5.41) is 16.7. The molecule has 1 rings (SSSR count). The van der Waals surface area contributed by atoms with Crippen LogP contribution in [0.25, 0.3) is 0 Å². The van der Waals surface area contributed by atoms with Crippen LogP contribution in [0.15, 0.2) is 24.3 Å². The molecule has 0 aliphatic heterocycles. The van der Waals surface area contributed by atoms with E-state index in [1.165, 1.54) is 17.5 Å². The largest absolute Gasteiger partial charge is 1.00 e. The summed E-state index contributed by atoms with van der Waals surface area (Å²) in [6.07, 6.45) is -0.176. The van der Waals surface area contributed by atoms with Gasteiger partial charge in [0.2, 0.25) is 0 Å². The van der Waals surface area contributed by atoms with Gasteiger partial charge in [-0.25, -0.2) is 0 Å². The Hall–Kier alpha value is 1.72. The number of rotatable bonds is 4. The maximum atomic E-state index is 8.33. The molecule has 0 amide bonds. The summed E-state index contributed by atoms with van der Waals surface area (Å²) in [6, 6.07) is 8.80. The van der Waals surface area contributed by atoms with Crippen LogP contribution in [0.1, 0.15) is 25.0 Å². The van der Waals surface area contributed by atoms with E-state index in [4.69, 9.17) is 20.7 Å². The molecule has 2 N–H and O–H groups in total. The summed E-state index contributed by atoms with van der Waals surface area (Å²) in [7, 11) is 0. The first-order valence-electron chi connectivity index (χ1n) is 5.61. The van der Waals surface area contributed by atoms with Crippen molar-refractivity contribution in [2.24, 2.45) is 11.7 Å². The number of hydrogen-bond acceptors (Lipinski definition) is 4. The van der Waals surface area contributed by atoms with Crippen LogP contribution >= 0.6 is 0 Å². The van der Waals surface area contributed by atoms with E-state index < -0.39 is 6.16 Å². The molecule has 0 saturated carbocycles. The molecule has 0 spiro atoms. The number of carboxylic acid groups (broad SMARTS) is 2. The molecule has 4 nitrogen and oxygen atoms in total. The minimum Gasteiger partial charge on any atom is -0.652 e. The van der Waals surface area contributed by atoms with Crippen molar-refractivity contribution in [1.29, 1.82) is 0 Å². The first kappa shape index (κ1) is 25.7. The van der Waals surface area contributed by atoms with Gasteiger partial charge in [0.05, 0.1) is 0 Å². The molecule has 1 aromatic carbocycles. The maximum absolute atomic E-state index is 8.33. The minimum absolute atomic E-state index is 0. The second kappa shape index (κ2) is 16.1. The van der Waals surface area contributed by atoms with Gasteiger partial charge in [-0.3, -0.25) is 0 Å². The first-order valence-corrected chi connectivity index (χ1v) is 5.61. The van der Waals surface area contributed by atoms with Crippen molar-refractivity contribution in [3.8, 4) is 0 Å². The Kier molecular flexibility index (Phi) is 21.7. The average Bonchev–Trinajstić information content (AvgIpc) is 2.19. The molecule has 96 valence electrons. The molecule has 1 aromatic rings. The molecule has 19 heavy (non-hydrogen) atoms. The van der Waals surface area contributed by atoms with Gasteiger partial charge >= 0.3 is 103 Å². The van der Waals surface area contributed by atoms with E-state index in [-0.39, 0.29) is 103 Å². The summed E-state index contributed by atoms with van der Waals surface area (Å²) < 4.78 is 0. The number of benzene rings is 1. The molecule has 0 unspecified atom stereocenters. The molecular weight excluding hydrogens is 296 g/mol. The third kappa shape index (κ3) is 17.7. The van der Waals surface area contributed by atoms with Gasteiger partial charge in [-0.15, -0.1) is 0 Å². The number of carbonyl (C=O) groups excluding carboxylic acids is 1. The summed E-state index contributed by atoms with van der Waals surface area (Å²) in [5.74, 6) is 0.736. The van der Waals surface area contributed by atoms with Gasteiger partial charge in [-0.05, 0) is 42.6 Å². The van der Waals surface area contributed by atoms with Crippen molar-refractivity contribution < 1.29 is 118 Å². The molecule has 0 heterocycles. The van der Waals surface area contributed by atoms with Crippen molar-refractivity contribution in [2.75, 3.05) is 6.54 Å². The maximum Gasteiger partial charge on any atom is 1.00 e. The van der Waals surface area contributed by atoms with Crippen molar-refractivity contribution in [2.45, 2.75) is 26.7 Å². The third-order valence-electron chi connectivity index (χ3n) is 2.10. The van der Waals surface area contributed by atoms with Crippen molar-refractivity contribution in [1.82, 2.24) is 0 Å². The van der Waals surface area contributed by atoms with Gasteiger partial charge in [0.15, 0.2) is 0 Å². The van der Waals surface area contributed by atoms with E-state index in [2.05, 4.69) is 38.1 Å². The van der Waals surface area contributed by atoms with E-state index in [1.54, 1.807) is 0 Å². The van der Waals surface area contributed by atoms with Gasteiger partial charge in [0.25, 0.3) is 0 Å². The van der Waals surface area contributed by atoms with E-state index in [9.17, 15) is 0 Å². The van der Waals surface area contributed by atoms with E-state index in [0.29, 0.717) is 0 Å². The van der Waals surface area contributed by atoms with Crippen LogP contribution in [-0.2, 0) is 12.8 Å². The fourth-order valence-electron chi connectivity index (χ4n) is 1.48. The summed E-state index contributed by atoms with van der Waals surface area (Å²) in [5.41, 5.74) is 8.25. The zero-order valence-corrected chi connectivity index (χ0v) is 18.6. The van der Waals surface area contributed by atoms with Gasteiger partial charge in [0.1, 0.15) is 0 Å². The van der Waals surface area contributed by atoms with Crippen molar-refractivity contribution >= 4 is 6.16 Å². The summed E-state index contributed by atoms with van der Waals surface area (Å²) in [6.45, 7) is 5.23. The topological polar surface area (TPSA) is 89.2 Å². The first-order chi connectivity index (χ1) is 7.95. The van der Waals surface area contributed by atoms with Crippen molar-refractivity contribution in [3.05, 3.63) is 35.4 Å². The Morgan fingerprint density at radius 2 is 1.47 bits per heavy atom. The molecule has 0 aromatic heterocycles. The van der Waals surface area contributed by atoms with Gasteiger partial charge < -0.3 is 20.7 Å². The zero-order valence-electron chi connectivity index (χ0n) is 12.3. The molecule has 0 bridgehead atoms. The van der Waals surface area contributed by atoms with E-state index in [0.717, 1.165) is 18.9 Å². The third-order valence-corrected chi connectivity index (χ3v) is 2.10. The summed E-state index contributed by atoms with van der Waals surface area (Å²) in [4.78, 5) is 8.33. The Morgan fingerprint density at radius 1 is 1.11 bits per heavy atom. The SMILES string of the molecule is CC(C)Cc1ccc(CCN)cc1.O=C([O-])[O-].[K+].[K+]. The van der Waals surface area contributed by atoms with Crippen LogP contribution in [0.5, 0.6) is 0 Å². The molecule has 6 heteroatoms. The summed E-state index contributed by atoms with van der Waals surface area (Å²) >= 11 is 0. The quantitative estimate of drug-likeness (QED) is 0.560. The Bertz CT molecular complexity index is 325. The molecule has 0 radical (unpaired) electrons. The zero-order chi connectivity index (χ0) is 13.3. The second-order valence-corrected chi connectivity index (χ2v) is 4.20. The standard InChI is InChI=1S/C12H19N.CH2O3.2K/c1-10(2)9-12-5-3-11(4-6-12)7-8-13;2-1(3)4;;/h3-6,10H,7-9,13H2,1-2H3;(H2,2,3,4);;/q;;2*+1/p-2. The van der Waals surface area contributed by atoms with Crippen LogP contribution in [-0.4, -0.2) is 12.7 Å². The van der Waals surface area contributed by atoms with Crippen LogP contribution in [0.4, 0.5) is 4.79 Å². The molecule has 0 atom stereocenters. The predicted molar refractivity (Wildman–Crippen MR) is 63.1 cm³/mol. The van der Waals surface area contributed by atoms with E-state index in [1.807, 2.05) is 0 Å². The van der Waals surface area contributed by atoms with Gasteiger partial charge in [-0.2, -0.15) is 0 Å². The smallest absolute Gasteiger partial charge is 0.652 e. The number of nitrogens with two attached hydrogens (primary N) is 1. The predicted octanol–water partition coefficient (Wildman–Crippen LogP) is -6.05. The Balaban J connectivity index is -0.000000379. The molecule has 0 aliphatic carbocycles. The van der Waals surface area contributed by atoms with Crippen molar-refractivity contribution in [3.63, 3.8) is 0 Å². The molecular formula is C13H19K2NO3. The normalized spacial score (nSPS) is 8.63. The fraction of sp³-hybridized carbons (Fsp3) is 0.462. The van der Waals surface area contributed by atoms with Crippen LogP contribution < -0.4 is 119 Å². The number of carbonyl (C=O) groups is 1. The second-order valence-electron chi connectivity index (χ2n) is 4.20. The Labute approximate surface area is 200 Å². The van der Waals surface area contributed by atoms with Crippen LogP contribution in [0.3, 0.4) is 0 Å². The monoisotopic (exact) mass is 315 g/mol. The van der Waals surface area contributed by atoms with Gasteiger partial charge in [0, 0.05) is 0 Å².